The van der Waals surface area contributed by atoms with Crippen LogP contribution in [-0.2, 0) is 6.67 Å². The third-order valence-electron chi connectivity index (χ3n) is 4.90. The van der Waals surface area contributed by atoms with Crippen LogP contribution in [0.1, 0.15) is 31.4 Å². The summed E-state index contributed by atoms with van der Waals surface area (Å²) in [4.78, 5) is 2.41. The van der Waals surface area contributed by atoms with Crippen molar-refractivity contribution in [3.05, 3.63) is 64.9 Å². The van der Waals surface area contributed by atoms with Gasteiger partial charge >= 0.3 is 0 Å². The minimum absolute atomic E-state index is 0.365. The van der Waals surface area contributed by atoms with Crippen LogP contribution >= 0.6 is 12.2 Å². The molecule has 1 aromatic heterocycles. The maximum absolute atomic E-state index is 5.60. The molecule has 0 spiro atoms. The van der Waals surface area contributed by atoms with E-state index in [4.69, 9.17) is 17.0 Å². The van der Waals surface area contributed by atoms with E-state index in [1.807, 2.05) is 49.4 Å². The molecule has 0 saturated carbocycles. The summed E-state index contributed by atoms with van der Waals surface area (Å²) in [6.07, 6.45) is 2.30. The first-order valence-electron chi connectivity index (χ1n) is 9.31. The van der Waals surface area contributed by atoms with Crippen LogP contribution < -0.4 is 4.74 Å². The van der Waals surface area contributed by atoms with Crippen molar-refractivity contribution in [3.63, 3.8) is 0 Å². The van der Waals surface area contributed by atoms with Crippen LogP contribution in [0.3, 0.4) is 0 Å². The molecule has 3 aromatic rings. The molecule has 1 saturated heterocycles. The summed E-state index contributed by atoms with van der Waals surface area (Å²) in [6.45, 7) is 4.35. The fourth-order valence-electron chi connectivity index (χ4n) is 3.59. The van der Waals surface area contributed by atoms with E-state index in [9.17, 15) is 0 Å². The van der Waals surface area contributed by atoms with Gasteiger partial charge in [-0.3, -0.25) is 4.90 Å². The van der Waals surface area contributed by atoms with Gasteiger partial charge in [0.1, 0.15) is 5.75 Å². The molecule has 6 nitrogen and oxygen atoms in total. The molecule has 2 heterocycles. The van der Waals surface area contributed by atoms with Crippen LogP contribution in [0.15, 0.2) is 54.6 Å². The number of tetrazole rings is 1. The first kappa shape index (κ1) is 17.9. The molecule has 1 fully saturated rings. The van der Waals surface area contributed by atoms with Crippen molar-refractivity contribution in [2.24, 2.45) is 0 Å². The van der Waals surface area contributed by atoms with E-state index in [1.165, 1.54) is 5.56 Å². The summed E-state index contributed by atoms with van der Waals surface area (Å²) in [5.74, 6) is 0.916. The molecule has 0 aliphatic carbocycles. The monoisotopic (exact) mass is 381 g/mol. The number of ether oxygens (including phenoxy) is 1. The Morgan fingerprint density at radius 2 is 1.85 bits per heavy atom. The van der Waals surface area contributed by atoms with Gasteiger partial charge in [-0.25, -0.2) is 4.68 Å². The van der Waals surface area contributed by atoms with Crippen LogP contribution in [0.4, 0.5) is 0 Å². The van der Waals surface area contributed by atoms with Gasteiger partial charge < -0.3 is 4.74 Å². The Bertz CT molecular complexity index is 935. The molecule has 0 unspecified atom stereocenters. The van der Waals surface area contributed by atoms with Gasteiger partial charge in [-0.1, -0.05) is 30.3 Å². The number of rotatable bonds is 6. The maximum Gasteiger partial charge on any atom is 0.221 e. The van der Waals surface area contributed by atoms with Crippen molar-refractivity contribution in [3.8, 4) is 11.4 Å². The molecule has 0 bridgehead atoms. The minimum atomic E-state index is 0.365. The van der Waals surface area contributed by atoms with E-state index in [2.05, 4.69) is 27.5 Å². The van der Waals surface area contributed by atoms with Gasteiger partial charge in [-0.15, -0.1) is 0 Å². The molecule has 2 aromatic carbocycles. The van der Waals surface area contributed by atoms with Crippen molar-refractivity contribution in [2.75, 3.05) is 13.2 Å². The summed E-state index contributed by atoms with van der Waals surface area (Å²) >= 11 is 5.60. The number of nitrogens with zero attached hydrogens (tertiary/aromatic N) is 5. The normalized spacial score (nSPS) is 17.3. The molecule has 7 heteroatoms. The molecule has 0 amide bonds. The molecule has 0 radical (unpaired) electrons. The van der Waals surface area contributed by atoms with Gasteiger partial charge in [0.25, 0.3) is 0 Å². The van der Waals surface area contributed by atoms with Crippen molar-refractivity contribution >= 4 is 12.2 Å². The number of likely N-dealkylation sites (tertiary alicyclic amines) is 1. The Kier molecular flexibility index (Phi) is 5.31. The quantitative estimate of drug-likeness (QED) is 0.604. The Balaban J connectivity index is 1.52. The Hall–Kier alpha value is -2.51. The van der Waals surface area contributed by atoms with E-state index in [0.29, 0.717) is 24.1 Å². The lowest BCUT2D eigenvalue weighted by Gasteiger charge is -2.24. The van der Waals surface area contributed by atoms with E-state index < -0.39 is 0 Å². The van der Waals surface area contributed by atoms with E-state index in [0.717, 1.165) is 30.8 Å². The maximum atomic E-state index is 5.60. The standard InChI is InChI=1S/C20H23N5OS/c1-2-26-18-12-10-16(11-13-18)19-9-6-14-23(19)15-24-20(27)25(22-21-24)17-7-4-3-5-8-17/h3-5,7-8,10-13,19H,2,6,9,14-15H2,1H3/t19-/m1/s1. The minimum Gasteiger partial charge on any atom is -0.494 e. The second-order valence-electron chi connectivity index (χ2n) is 6.62. The fraction of sp³-hybridized carbons (Fsp3) is 0.350. The lowest BCUT2D eigenvalue weighted by molar-refractivity contribution is 0.188. The lowest BCUT2D eigenvalue weighted by Crippen LogP contribution is -2.27. The predicted molar refractivity (Wildman–Crippen MR) is 106 cm³/mol. The van der Waals surface area contributed by atoms with Gasteiger partial charge in [-0.2, -0.15) is 4.68 Å². The molecule has 4 rings (SSSR count). The molecule has 27 heavy (non-hydrogen) atoms. The highest BCUT2D eigenvalue weighted by Crippen LogP contribution is 2.33. The van der Waals surface area contributed by atoms with Crippen molar-refractivity contribution in [1.29, 1.82) is 0 Å². The SMILES string of the molecule is CCOc1ccc([C@H]2CCCN2Cn2nnn(-c3ccccc3)c2=S)cc1. The van der Waals surface area contributed by atoms with Gasteiger partial charge in [0.2, 0.25) is 4.77 Å². The summed E-state index contributed by atoms with van der Waals surface area (Å²) in [7, 11) is 0. The number of aromatic nitrogens is 4. The number of hydrogen-bond donors (Lipinski definition) is 0. The zero-order chi connectivity index (χ0) is 18.6. The summed E-state index contributed by atoms with van der Waals surface area (Å²) in [5, 5.41) is 8.53. The van der Waals surface area contributed by atoms with Gasteiger partial charge in [0.15, 0.2) is 0 Å². The second-order valence-corrected chi connectivity index (χ2v) is 6.99. The third-order valence-corrected chi connectivity index (χ3v) is 5.28. The average Bonchev–Trinajstić information content (AvgIpc) is 3.31. The van der Waals surface area contributed by atoms with E-state index >= 15 is 0 Å². The molecule has 0 N–H and O–H groups in total. The Labute approximate surface area is 164 Å². The zero-order valence-corrected chi connectivity index (χ0v) is 16.2. The van der Waals surface area contributed by atoms with E-state index in [1.54, 1.807) is 9.36 Å². The summed E-state index contributed by atoms with van der Waals surface area (Å²) in [5.41, 5.74) is 2.23. The molecule has 1 atom stereocenters. The lowest BCUT2D eigenvalue weighted by atomic mass is 10.0. The number of benzene rings is 2. The highest BCUT2D eigenvalue weighted by Gasteiger charge is 2.27. The van der Waals surface area contributed by atoms with Crippen LogP contribution in [0.2, 0.25) is 0 Å². The van der Waals surface area contributed by atoms with Crippen LogP contribution in [0.25, 0.3) is 5.69 Å². The Morgan fingerprint density at radius 1 is 1.07 bits per heavy atom. The molecular weight excluding hydrogens is 358 g/mol. The van der Waals surface area contributed by atoms with Gasteiger partial charge in [-0.05, 0) is 72.2 Å². The second kappa shape index (κ2) is 8.02. The third kappa shape index (κ3) is 3.79. The van der Waals surface area contributed by atoms with Gasteiger partial charge in [0, 0.05) is 12.6 Å². The van der Waals surface area contributed by atoms with Crippen molar-refractivity contribution < 1.29 is 4.74 Å². The highest BCUT2D eigenvalue weighted by molar-refractivity contribution is 7.71. The van der Waals surface area contributed by atoms with Crippen molar-refractivity contribution in [2.45, 2.75) is 32.5 Å². The average molecular weight is 382 g/mol. The summed E-state index contributed by atoms with van der Waals surface area (Å²) in [6, 6.07) is 18.7. The van der Waals surface area contributed by atoms with Crippen LogP contribution in [0.5, 0.6) is 5.75 Å². The number of hydrogen-bond acceptors (Lipinski definition) is 5. The first-order valence-corrected chi connectivity index (χ1v) is 9.72. The zero-order valence-electron chi connectivity index (χ0n) is 15.4. The largest absolute Gasteiger partial charge is 0.494 e. The first-order chi connectivity index (χ1) is 13.3. The predicted octanol–water partition coefficient (Wildman–Crippen LogP) is 3.99. The summed E-state index contributed by atoms with van der Waals surface area (Å²) < 4.78 is 9.67. The van der Waals surface area contributed by atoms with Crippen LogP contribution in [-0.4, -0.2) is 37.8 Å². The molecular formula is C20H23N5OS. The van der Waals surface area contributed by atoms with E-state index in [-0.39, 0.29) is 0 Å². The Morgan fingerprint density at radius 3 is 2.59 bits per heavy atom. The molecule has 1 aliphatic heterocycles. The van der Waals surface area contributed by atoms with Crippen LogP contribution in [0, 0.1) is 4.77 Å². The highest BCUT2D eigenvalue weighted by atomic mass is 32.1. The topological polar surface area (TPSA) is 48.1 Å². The smallest absolute Gasteiger partial charge is 0.221 e. The van der Waals surface area contributed by atoms with Gasteiger partial charge in [0.05, 0.1) is 19.0 Å². The molecule has 1 aliphatic rings. The van der Waals surface area contributed by atoms with Crippen molar-refractivity contribution in [1.82, 2.24) is 24.7 Å². The fourth-order valence-corrected chi connectivity index (χ4v) is 3.83. The number of para-hydroxylation sites is 1. The molecule has 140 valence electrons.